The molecule has 1 N–H and O–H groups in total. The SMILES string of the molecule is CC1Cc2cccc(CCCO)c2S1. The lowest BCUT2D eigenvalue weighted by Gasteiger charge is -2.06. The molecular weight excluding hydrogens is 192 g/mol. The first-order valence-electron chi connectivity index (χ1n) is 5.19. The highest BCUT2D eigenvalue weighted by Crippen LogP contribution is 2.39. The lowest BCUT2D eigenvalue weighted by molar-refractivity contribution is 0.288. The number of fused-ring (bicyclic) bond motifs is 1. The van der Waals surface area contributed by atoms with E-state index in [0.29, 0.717) is 6.61 Å². The van der Waals surface area contributed by atoms with E-state index in [-0.39, 0.29) is 0 Å². The lowest BCUT2D eigenvalue weighted by atomic mass is 10.0. The van der Waals surface area contributed by atoms with Crippen LogP contribution in [0.3, 0.4) is 0 Å². The van der Waals surface area contributed by atoms with E-state index in [4.69, 9.17) is 5.11 Å². The van der Waals surface area contributed by atoms with Gasteiger partial charge in [0.05, 0.1) is 0 Å². The van der Waals surface area contributed by atoms with Gasteiger partial charge in [-0.1, -0.05) is 25.1 Å². The first-order chi connectivity index (χ1) is 6.81. The molecule has 2 rings (SSSR count). The second kappa shape index (κ2) is 4.37. The molecule has 0 saturated heterocycles. The highest BCUT2D eigenvalue weighted by Gasteiger charge is 2.20. The Bertz CT molecular complexity index is 322. The summed E-state index contributed by atoms with van der Waals surface area (Å²) in [7, 11) is 0. The highest BCUT2D eigenvalue weighted by atomic mass is 32.2. The summed E-state index contributed by atoms with van der Waals surface area (Å²) >= 11 is 1.99. The Morgan fingerprint density at radius 3 is 3.14 bits per heavy atom. The second-order valence-corrected chi connectivity index (χ2v) is 5.31. The third-order valence-electron chi connectivity index (χ3n) is 2.61. The van der Waals surface area contributed by atoms with E-state index >= 15 is 0 Å². The summed E-state index contributed by atoms with van der Waals surface area (Å²) in [5.41, 5.74) is 2.92. The first kappa shape index (κ1) is 10.1. The minimum absolute atomic E-state index is 0.296. The maximum atomic E-state index is 8.82. The van der Waals surface area contributed by atoms with Crippen LogP contribution in [0.1, 0.15) is 24.5 Å². The van der Waals surface area contributed by atoms with Gasteiger partial charge in [0.2, 0.25) is 0 Å². The van der Waals surface area contributed by atoms with E-state index in [9.17, 15) is 0 Å². The Kier molecular flexibility index (Phi) is 3.14. The van der Waals surface area contributed by atoms with Crippen molar-refractivity contribution in [3.05, 3.63) is 29.3 Å². The summed E-state index contributed by atoms with van der Waals surface area (Å²) in [5, 5.41) is 9.54. The van der Waals surface area contributed by atoms with E-state index in [0.717, 1.165) is 18.1 Å². The number of hydrogen-bond acceptors (Lipinski definition) is 2. The van der Waals surface area contributed by atoms with Gasteiger partial charge in [-0.15, -0.1) is 11.8 Å². The van der Waals surface area contributed by atoms with Crippen molar-refractivity contribution >= 4 is 11.8 Å². The number of aliphatic hydroxyl groups excluding tert-OH is 1. The summed E-state index contributed by atoms with van der Waals surface area (Å²) in [6.45, 7) is 2.57. The minimum Gasteiger partial charge on any atom is -0.396 e. The Morgan fingerprint density at radius 2 is 2.36 bits per heavy atom. The molecule has 1 nitrogen and oxygen atoms in total. The van der Waals surface area contributed by atoms with Crippen molar-refractivity contribution in [3.8, 4) is 0 Å². The van der Waals surface area contributed by atoms with Crippen LogP contribution >= 0.6 is 11.8 Å². The maximum Gasteiger partial charge on any atom is 0.0434 e. The molecule has 1 unspecified atom stereocenters. The normalized spacial score (nSPS) is 19.7. The fourth-order valence-corrected chi connectivity index (χ4v) is 3.26. The van der Waals surface area contributed by atoms with E-state index in [1.807, 2.05) is 11.8 Å². The van der Waals surface area contributed by atoms with Crippen LogP contribution in [0.2, 0.25) is 0 Å². The third kappa shape index (κ3) is 1.96. The molecular formula is C12H16OS. The molecule has 0 bridgehead atoms. The van der Waals surface area contributed by atoms with Crippen molar-refractivity contribution in [3.63, 3.8) is 0 Å². The number of benzene rings is 1. The second-order valence-electron chi connectivity index (χ2n) is 3.87. The standard InChI is InChI=1S/C12H16OS/c1-9-8-11-5-2-4-10(6-3-7-13)12(11)14-9/h2,4-5,9,13H,3,6-8H2,1H3. The van der Waals surface area contributed by atoms with Crippen LogP contribution in [-0.4, -0.2) is 17.0 Å². The minimum atomic E-state index is 0.296. The molecule has 1 aliphatic rings. The molecule has 0 radical (unpaired) electrons. The van der Waals surface area contributed by atoms with Gasteiger partial charge < -0.3 is 5.11 Å². The Labute approximate surface area is 89.5 Å². The van der Waals surface area contributed by atoms with Gasteiger partial charge in [-0.05, 0) is 30.4 Å². The Morgan fingerprint density at radius 1 is 1.50 bits per heavy atom. The topological polar surface area (TPSA) is 20.2 Å². The molecule has 1 heterocycles. The van der Waals surface area contributed by atoms with E-state index < -0.39 is 0 Å². The summed E-state index contributed by atoms with van der Waals surface area (Å²) in [5.74, 6) is 0. The van der Waals surface area contributed by atoms with Gasteiger partial charge in [-0.3, -0.25) is 0 Å². The van der Waals surface area contributed by atoms with Gasteiger partial charge in [0.15, 0.2) is 0 Å². The number of thioether (sulfide) groups is 1. The molecule has 0 amide bonds. The number of aryl methyl sites for hydroxylation is 1. The van der Waals surface area contributed by atoms with Crippen LogP contribution < -0.4 is 0 Å². The van der Waals surface area contributed by atoms with Crippen molar-refractivity contribution < 1.29 is 5.11 Å². The van der Waals surface area contributed by atoms with Crippen molar-refractivity contribution in [1.82, 2.24) is 0 Å². The number of hydrogen-bond donors (Lipinski definition) is 1. The fraction of sp³-hybridized carbons (Fsp3) is 0.500. The van der Waals surface area contributed by atoms with Crippen molar-refractivity contribution in [1.29, 1.82) is 0 Å². The van der Waals surface area contributed by atoms with E-state index in [1.165, 1.54) is 22.4 Å². The zero-order valence-corrected chi connectivity index (χ0v) is 9.31. The predicted molar refractivity (Wildman–Crippen MR) is 60.9 cm³/mol. The largest absolute Gasteiger partial charge is 0.396 e. The van der Waals surface area contributed by atoms with Gasteiger partial charge in [-0.2, -0.15) is 0 Å². The van der Waals surface area contributed by atoms with Gasteiger partial charge in [0, 0.05) is 16.8 Å². The van der Waals surface area contributed by atoms with Crippen molar-refractivity contribution in [2.75, 3.05) is 6.61 Å². The Hall–Kier alpha value is -0.470. The van der Waals surface area contributed by atoms with Crippen LogP contribution in [0.5, 0.6) is 0 Å². The smallest absolute Gasteiger partial charge is 0.0434 e. The average molecular weight is 208 g/mol. The molecule has 0 spiro atoms. The fourth-order valence-electron chi connectivity index (χ4n) is 1.97. The maximum absolute atomic E-state index is 8.82. The summed E-state index contributed by atoms with van der Waals surface area (Å²) in [4.78, 5) is 1.48. The molecule has 2 heteroatoms. The molecule has 14 heavy (non-hydrogen) atoms. The van der Waals surface area contributed by atoms with Crippen LogP contribution in [0.4, 0.5) is 0 Å². The van der Waals surface area contributed by atoms with Gasteiger partial charge in [-0.25, -0.2) is 0 Å². The molecule has 76 valence electrons. The molecule has 1 aliphatic heterocycles. The van der Waals surface area contributed by atoms with Crippen LogP contribution in [0.15, 0.2) is 23.1 Å². The van der Waals surface area contributed by atoms with E-state index in [1.54, 1.807) is 0 Å². The summed E-state index contributed by atoms with van der Waals surface area (Å²) in [6, 6.07) is 6.57. The first-order valence-corrected chi connectivity index (χ1v) is 6.07. The number of rotatable bonds is 3. The molecule has 0 fully saturated rings. The molecule has 1 atom stereocenters. The molecule has 0 aliphatic carbocycles. The van der Waals surface area contributed by atoms with Crippen molar-refractivity contribution in [2.24, 2.45) is 0 Å². The quantitative estimate of drug-likeness (QED) is 0.824. The summed E-state index contributed by atoms with van der Waals surface area (Å²) < 4.78 is 0. The van der Waals surface area contributed by atoms with Crippen molar-refractivity contribution in [2.45, 2.75) is 36.3 Å². The molecule has 1 aromatic rings. The van der Waals surface area contributed by atoms with Crippen LogP contribution in [0, 0.1) is 0 Å². The molecule has 0 aromatic heterocycles. The van der Waals surface area contributed by atoms with E-state index in [2.05, 4.69) is 25.1 Å². The zero-order chi connectivity index (χ0) is 9.97. The third-order valence-corrected chi connectivity index (χ3v) is 3.94. The van der Waals surface area contributed by atoms with Gasteiger partial charge in [0.25, 0.3) is 0 Å². The summed E-state index contributed by atoms with van der Waals surface area (Å²) in [6.07, 6.45) is 3.09. The van der Waals surface area contributed by atoms with Gasteiger partial charge >= 0.3 is 0 Å². The monoisotopic (exact) mass is 208 g/mol. The average Bonchev–Trinajstić information content (AvgIpc) is 2.55. The van der Waals surface area contributed by atoms with Crippen LogP contribution in [-0.2, 0) is 12.8 Å². The predicted octanol–water partition coefficient (Wildman–Crippen LogP) is 2.65. The van der Waals surface area contributed by atoms with Gasteiger partial charge in [0.1, 0.15) is 0 Å². The molecule has 0 saturated carbocycles. The Balaban J connectivity index is 2.21. The highest BCUT2D eigenvalue weighted by molar-refractivity contribution is 8.00. The number of aliphatic hydroxyl groups is 1. The zero-order valence-electron chi connectivity index (χ0n) is 8.49. The molecule has 1 aromatic carbocycles. The lowest BCUT2D eigenvalue weighted by Crippen LogP contribution is -1.92. The van der Waals surface area contributed by atoms with Crippen LogP contribution in [0.25, 0.3) is 0 Å².